The Balaban J connectivity index is 1.77. The van der Waals surface area contributed by atoms with Gasteiger partial charge in [0.2, 0.25) is 0 Å². The average Bonchev–Trinajstić information content (AvgIpc) is 2.60. The Morgan fingerprint density at radius 1 is 1.07 bits per heavy atom. The first kappa shape index (κ1) is 10.1. The van der Waals surface area contributed by atoms with E-state index in [1.807, 2.05) is 6.92 Å². The Hall–Kier alpha value is -0.440. The van der Waals surface area contributed by atoms with E-state index in [0.717, 1.165) is 24.2 Å². The zero-order valence-corrected chi connectivity index (χ0v) is 9.39. The second kappa shape index (κ2) is 4.87. The monoisotopic (exact) mass is 190 g/mol. The van der Waals surface area contributed by atoms with Crippen molar-refractivity contribution in [1.82, 2.24) is 0 Å². The van der Waals surface area contributed by atoms with E-state index in [1.54, 1.807) is 0 Å². The molecule has 0 heterocycles. The van der Waals surface area contributed by atoms with Gasteiger partial charge in [-0.2, -0.15) is 0 Å². The third-order valence-corrected chi connectivity index (χ3v) is 4.19. The standard InChI is InChI=1S/C14H22/c1-2-3-4-7-12-10-13-8-5-6-9-14(13)11-12/h12-14H,4-11H2,1H3. The van der Waals surface area contributed by atoms with Crippen LogP contribution in [-0.4, -0.2) is 0 Å². The van der Waals surface area contributed by atoms with Crippen LogP contribution in [0, 0.1) is 29.6 Å². The fourth-order valence-electron chi connectivity index (χ4n) is 3.49. The summed E-state index contributed by atoms with van der Waals surface area (Å²) in [6.07, 6.45) is 11.6. The van der Waals surface area contributed by atoms with E-state index >= 15 is 0 Å². The van der Waals surface area contributed by atoms with Crippen LogP contribution in [0.3, 0.4) is 0 Å². The van der Waals surface area contributed by atoms with Crippen molar-refractivity contribution in [2.75, 3.05) is 0 Å². The van der Waals surface area contributed by atoms with Gasteiger partial charge in [0.1, 0.15) is 0 Å². The SMILES string of the molecule is CC#CCCC1CC2CCCCC2C1. The summed E-state index contributed by atoms with van der Waals surface area (Å²) >= 11 is 0. The highest BCUT2D eigenvalue weighted by Crippen LogP contribution is 2.46. The molecule has 2 aliphatic rings. The summed E-state index contributed by atoms with van der Waals surface area (Å²) in [6, 6.07) is 0. The predicted octanol–water partition coefficient (Wildman–Crippen LogP) is 4.01. The van der Waals surface area contributed by atoms with Gasteiger partial charge in [0, 0.05) is 6.42 Å². The van der Waals surface area contributed by atoms with Gasteiger partial charge >= 0.3 is 0 Å². The maximum Gasteiger partial charge on any atom is 0.00912 e. The molecule has 78 valence electrons. The lowest BCUT2D eigenvalue weighted by Crippen LogP contribution is -2.12. The van der Waals surface area contributed by atoms with Crippen molar-refractivity contribution in [3.05, 3.63) is 0 Å². The molecule has 2 rings (SSSR count). The van der Waals surface area contributed by atoms with Gasteiger partial charge in [-0.15, -0.1) is 11.8 Å². The van der Waals surface area contributed by atoms with Crippen molar-refractivity contribution in [2.24, 2.45) is 17.8 Å². The minimum absolute atomic E-state index is 1.02. The number of fused-ring (bicyclic) bond motifs is 1. The van der Waals surface area contributed by atoms with Crippen LogP contribution in [-0.2, 0) is 0 Å². The number of hydrogen-bond donors (Lipinski definition) is 0. The molecule has 0 aliphatic heterocycles. The molecule has 0 N–H and O–H groups in total. The summed E-state index contributed by atoms with van der Waals surface area (Å²) in [6.45, 7) is 1.95. The molecule has 0 radical (unpaired) electrons. The maximum atomic E-state index is 3.21. The molecule has 0 aromatic heterocycles. The zero-order chi connectivity index (χ0) is 9.80. The first-order valence-electron chi connectivity index (χ1n) is 6.29. The topological polar surface area (TPSA) is 0 Å². The van der Waals surface area contributed by atoms with Gasteiger partial charge in [-0.05, 0) is 43.9 Å². The molecular formula is C14H22. The molecule has 0 bridgehead atoms. The minimum atomic E-state index is 1.02. The van der Waals surface area contributed by atoms with Crippen LogP contribution >= 0.6 is 0 Å². The zero-order valence-electron chi connectivity index (χ0n) is 9.39. The smallest absolute Gasteiger partial charge is 0.00912 e. The summed E-state index contributed by atoms with van der Waals surface area (Å²) in [5.74, 6) is 9.43. The molecule has 0 aromatic rings. The van der Waals surface area contributed by atoms with Crippen molar-refractivity contribution in [3.8, 4) is 11.8 Å². The van der Waals surface area contributed by atoms with E-state index in [-0.39, 0.29) is 0 Å². The lowest BCUT2D eigenvalue weighted by molar-refractivity contribution is 0.277. The lowest BCUT2D eigenvalue weighted by Gasteiger charge is -2.24. The van der Waals surface area contributed by atoms with Crippen molar-refractivity contribution in [1.29, 1.82) is 0 Å². The lowest BCUT2D eigenvalue weighted by atomic mass is 9.82. The Morgan fingerprint density at radius 2 is 1.71 bits per heavy atom. The van der Waals surface area contributed by atoms with E-state index in [2.05, 4.69) is 11.8 Å². The second-order valence-corrected chi connectivity index (χ2v) is 5.11. The summed E-state index contributed by atoms with van der Waals surface area (Å²) in [7, 11) is 0. The minimum Gasteiger partial charge on any atom is -0.107 e. The fraction of sp³-hybridized carbons (Fsp3) is 0.857. The second-order valence-electron chi connectivity index (χ2n) is 5.11. The molecule has 2 aliphatic carbocycles. The van der Waals surface area contributed by atoms with Gasteiger partial charge in [-0.3, -0.25) is 0 Å². The normalized spacial score (nSPS) is 35.9. The number of hydrogen-bond acceptors (Lipinski definition) is 0. The third-order valence-electron chi connectivity index (χ3n) is 4.19. The predicted molar refractivity (Wildman–Crippen MR) is 60.9 cm³/mol. The van der Waals surface area contributed by atoms with Crippen LogP contribution in [0.4, 0.5) is 0 Å². The molecule has 2 fully saturated rings. The van der Waals surface area contributed by atoms with Crippen molar-refractivity contribution < 1.29 is 0 Å². The highest BCUT2D eigenvalue weighted by Gasteiger charge is 2.34. The van der Waals surface area contributed by atoms with E-state index in [9.17, 15) is 0 Å². The van der Waals surface area contributed by atoms with Crippen LogP contribution in [0.5, 0.6) is 0 Å². The summed E-state index contributed by atoms with van der Waals surface area (Å²) < 4.78 is 0. The van der Waals surface area contributed by atoms with E-state index in [1.165, 1.54) is 44.9 Å². The Kier molecular flexibility index (Phi) is 3.51. The van der Waals surface area contributed by atoms with Gasteiger partial charge in [-0.1, -0.05) is 25.7 Å². The average molecular weight is 190 g/mol. The van der Waals surface area contributed by atoms with E-state index in [0.29, 0.717) is 0 Å². The van der Waals surface area contributed by atoms with Gasteiger partial charge < -0.3 is 0 Å². The first-order valence-corrected chi connectivity index (χ1v) is 6.29. The molecular weight excluding hydrogens is 168 g/mol. The largest absolute Gasteiger partial charge is 0.107 e. The molecule has 0 aromatic carbocycles. The van der Waals surface area contributed by atoms with Crippen LogP contribution in [0.15, 0.2) is 0 Å². The number of rotatable bonds is 2. The molecule has 14 heavy (non-hydrogen) atoms. The molecule has 2 unspecified atom stereocenters. The third kappa shape index (κ3) is 2.32. The Bertz CT molecular complexity index is 216. The molecule has 0 saturated heterocycles. The summed E-state index contributed by atoms with van der Waals surface area (Å²) in [5, 5.41) is 0. The van der Waals surface area contributed by atoms with Crippen LogP contribution in [0.25, 0.3) is 0 Å². The van der Waals surface area contributed by atoms with E-state index < -0.39 is 0 Å². The molecule has 0 nitrogen and oxygen atoms in total. The van der Waals surface area contributed by atoms with Crippen molar-refractivity contribution in [2.45, 2.75) is 58.3 Å². The first-order chi connectivity index (χ1) is 6.90. The highest BCUT2D eigenvalue weighted by atomic mass is 14.4. The molecule has 0 heteroatoms. The van der Waals surface area contributed by atoms with Gasteiger partial charge in [-0.25, -0.2) is 0 Å². The fourth-order valence-corrected chi connectivity index (χ4v) is 3.49. The molecule has 0 amide bonds. The summed E-state index contributed by atoms with van der Waals surface area (Å²) in [5.41, 5.74) is 0. The maximum absolute atomic E-state index is 3.21. The van der Waals surface area contributed by atoms with Crippen molar-refractivity contribution >= 4 is 0 Å². The van der Waals surface area contributed by atoms with Crippen LogP contribution in [0.2, 0.25) is 0 Å². The van der Waals surface area contributed by atoms with Crippen molar-refractivity contribution in [3.63, 3.8) is 0 Å². The van der Waals surface area contributed by atoms with Crippen LogP contribution < -0.4 is 0 Å². The quantitative estimate of drug-likeness (QED) is 0.577. The summed E-state index contributed by atoms with van der Waals surface area (Å²) in [4.78, 5) is 0. The highest BCUT2D eigenvalue weighted by molar-refractivity contribution is 4.96. The molecule has 2 atom stereocenters. The Morgan fingerprint density at radius 3 is 2.29 bits per heavy atom. The Labute approximate surface area is 88.5 Å². The molecule has 0 spiro atoms. The molecule has 2 saturated carbocycles. The van der Waals surface area contributed by atoms with Gasteiger partial charge in [0.25, 0.3) is 0 Å². The van der Waals surface area contributed by atoms with E-state index in [4.69, 9.17) is 0 Å². The van der Waals surface area contributed by atoms with Crippen LogP contribution in [0.1, 0.15) is 58.3 Å². The van der Waals surface area contributed by atoms with Gasteiger partial charge in [0.05, 0.1) is 0 Å². The van der Waals surface area contributed by atoms with Gasteiger partial charge in [0.15, 0.2) is 0 Å².